The summed E-state index contributed by atoms with van der Waals surface area (Å²) in [4.78, 5) is 0. The molecule has 0 saturated carbocycles. The maximum atomic E-state index is 12.9. The van der Waals surface area contributed by atoms with E-state index in [-0.39, 0.29) is 5.02 Å². The van der Waals surface area contributed by atoms with Crippen LogP contribution < -0.4 is 4.74 Å². The molecule has 1 rings (SSSR count). The Morgan fingerprint density at radius 3 is 2.86 bits per heavy atom. The molecule has 0 aliphatic heterocycles. The molecule has 4 heteroatoms. The summed E-state index contributed by atoms with van der Waals surface area (Å²) in [5, 5.41) is 9.03. The van der Waals surface area contributed by atoms with Crippen molar-refractivity contribution in [1.82, 2.24) is 0 Å². The molecule has 0 aromatic heterocycles. The lowest BCUT2D eigenvalue weighted by Gasteiger charge is -2.07. The molecule has 0 amide bonds. The number of hydrogen-bond donors (Lipinski definition) is 1. The largest absolute Gasteiger partial charge is 0.493 e. The van der Waals surface area contributed by atoms with Crippen molar-refractivity contribution in [2.45, 2.75) is 19.4 Å². The highest BCUT2D eigenvalue weighted by Crippen LogP contribution is 2.20. The summed E-state index contributed by atoms with van der Waals surface area (Å²) >= 11 is 5.49. The Kier molecular flexibility index (Phi) is 4.17. The highest BCUT2D eigenvalue weighted by Gasteiger charge is 2.02. The lowest BCUT2D eigenvalue weighted by Crippen LogP contribution is -2.07. The van der Waals surface area contributed by atoms with Gasteiger partial charge in [-0.3, -0.25) is 0 Å². The van der Waals surface area contributed by atoms with Gasteiger partial charge in [0.15, 0.2) is 0 Å². The molecule has 0 radical (unpaired) electrons. The van der Waals surface area contributed by atoms with Crippen molar-refractivity contribution in [1.29, 1.82) is 0 Å². The molecule has 0 aliphatic rings. The number of hydrogen-bond acceptors (Lipinski definition) is 2. The summed E-state index contributed by atoms with van der Waals surface area (Å²) in [5.41, 5.74) is 0. The number of aliphatic hydroxyl groups excluding tert-OH is 1. The maximum absolute atomic E-state index is 12.9. The second-order valence-electron chi connectivity index (χ2n) is 3.06. The van der Waals surface area contributed by atoms with Gasteiger partial charge in [0.2, 0.25) is 0 Å². The second kappa shape index (κ2) is 5.17. The third-order valence-corrected chi connectivity index (χ3v) is 2.00. The average molecular weight is 219 g/mol. The summed E-state index contributed by atoms with van der Waals surface area (Å²) in [6, 6.07) is 4.26. The van der Waals surface area contributed by atoms with Crippen LogP contribution in [0.15, 0.2) is 18.2 Å². The van der Waals surface area contributed by atoms with Crippen molar-refractivity contribution in [3.63, 3.8) is 0 Å². The second-order valence-corrected chi connectivity index (χ2v) is 3.47. The zero-order valence-corrected chi connectivity index (χ0v) is 8.59. The topological polar surface area (TPSA) is 29.5 Å². The molecule has 1 N–H and O–H groups in total. The molecule has 0 bridgehead atoms. The first-order chi connectivity index (χ1) is 6.59. The van der Waals surface area contributed by atoms with Crippen LogP contribution >= 0.6 is 11.6 Å². The van der Waals surface area contributed by atoms with E-state index in [9.17, 15) is 4.39 Å². The fourth-order valence-corrected chi connectivity index (χ4v) is 1.03. The zero-order chi connectivity index (χ0) is 10.6. The predicted molar refractivity (Wildman–Crippen MR) is 53.2 cm³/mol. The Morgan fingerprint density at radius 1 is 1.57 bits per heavy atom. The van der Waals surface area contributed by atoms with Crippen LogP contribution in [0.4, 0.5) is 4.39 Å². The van der Waals surface area contributed by atoms with Crippen molar-refractivity contribution in [2.24, 2.45) is 0 Å². The molecule has 78 valence electrons. The van der Waals surface area contributed by atoms with Gasteiger partial charge < -0.3 is 9.84 Å². The predicted octanol–water partition coefficient (Wildman–Crippen LogP) is 2.63. The van der Waals surface area contributed by atoms with E-state index < -0.39 is 11.9 Å². The number of benzene rings is 1. The van der Waals surface area contributed by atoms with Crippen molar-refractivity contribution in [2.75, 3.05) is 6.61 Å². The Labute approximate surface area is 87.3 Å². The molecular formula is C10H12ClFO2. The number of ether oxygens (including phenoxy) is 1. The summed E-state index contributed by atoms with van der Waals surface area (Å²) in [5.74, 6) is -0.0752. The van der Waals surface area contributed by atoms with Crippen molar-refractivity contribution in [3.05, 3.63) is 29.0 Å². The van der Waals surface area contributed by atoms with E-state index in [0.29, 0.717) is 18.8 Å². The zero-order valence-electron chi connectivity index (χ0n) is 7.84. The molecule has 1 aromatic carbocycles. The molecule has 2 nitrogen and oxygen atoms in total. The van der Waals surface area contributed by atoms with E-state index in [1.165, 1.54) is 12.1 Å². The Morgan fingerprint density at radius 2 is 2.29 bits per heavy atom. The van der Waals surface area contributed by atoms with Gasteiger partial charge in [0.05, 0.1) is 17.7 Å². The minimum Gasteiger partial charge on any atom is -0.493 e. The van der Waals surface area contributed by atoms with Crippen LogP contribution in [0.2, 0.25) is 5.02 Å². The average Bonchev–Trinajstić information content (AvgIpc) is 2.10. The summed E-state index contributed by atoms with van der Waals surface area (Å²) in [7, 11) is 0. The van der Waals surface area contributed by atoms with E-state index in [1.807, 2.05) is 0 Å². The van der Waals surface area contributed by atoms with Crippen molar-refractivity contribution < 1.29 is 14.2 Å². The maximum Gasteiger partial charge on any atom is 0.145 e. The smallest absolute Gasteiger partial charge is 0.145 e. The van der Waals surface area contributed by atoms with E-state index in [1.54, 1.807) is 13.0 Å². The lowest BCUT2D eigenvalue weighted by molar-refractivity contribution is 0.155. The fourth-order valence-electron chi connectivity index (χ4n) is 0.914. The molecule has 1 atom stereocenters. The Balaban J connectivity index is 2.47. The molecule has 0 fully saturated rings. The summed E-state index contributed by atoms with van der Waals surface area (Å²) in [6.07, 6.45) is 0.108. The van der Waals surface area contributed by atoms with Gasteiger partial charge >= 0.3 is 0 Å². The van der Waals surface area contributed by atoms with Crippen molar-refractivity contribution >= 4 is 11.6 Å². The highest BCUT2D eigenvalue weighted by molar-refractivity contribution is 6.30. The molecule has 14 heavy (non-hydrogen) atoms. The summed E-state index contributed by atoms with van der Waals surface area (Å²) in [6.45, 7) is 2.03. The van der Waals surface area contributed by atoms with Crippen LogP contribution in [-0.4, -0.2) is 17.8 Å². The molecule has 0 aliphatic carbocycles. The first-order valence-corrected chi connectivity index (χ1v) is 4.73. The standard InChI is InChI=1S/C10H12ClFO2/c1-7(13)4-5-14-8-2-3-9(11)10(12)6-8/h2-3,6-7,13H,4-5H2,1H3. The van der Waals surface area contributed by atoms with Gasteiger partial charge in [0.1, 0.15) is 11.6 Å². The molecular weight excluding hydrogens is 207 g/mol. The van der Waals surface area contributed by atoms with Crippen LogP contribution in [0, 0.1) is 5.82 Å². The highest BCUT2D eigenvalue weighted by atomic mass is 35.5. The third kappa shape index (κ3) is 3.52. The molecule has 1 aromatic rings. The lowest BCUT2D eigenvalue weighted by atomic mass is 10.3. The fraction of sp³-hybridized carbons (Fsp3) is 0.400. The number of halogens is 2. The minimum absolute atomic E-state index is 0.0767. The van der Waals surface area contributed by atoms with Crippen LogP contribution in [0.25, 0.3) is 0 Å². The molecule has 0 saturated heterocycles. The first-order valence-electron chi connectivity index (χ1n) is 4.35. The van der Waals surface area contributed by atoms with Gasteiger partial charge in [-0.25, -0.2) is 4.39 Å². The Bertz CT molecular complexity index is 302. The number of aliphatic hydroxyl groups is 1. The van der Waals surface area contributed by atoms with Gasteiger partial charge in [-0.1, -0.05) is 11.6 Å². The van der Waals surface area contributed by atoms with Crippen LogP contribution in [0.1, 0.15) is 13.3 Å². The minimum atomic E-state index is -0.499. The van der Waals surface area contributed by atoms with E-state index >= 15 is 0 Å². The third-order valence-electron chi connectivity index (χ3n) is 1.70. The van der Waals surface area contributed by atoms with Crippen LogP contribution in [0.3, 0.4) is 0 Å². The summed E-state index contributed by atoms with van der Waals surface area (Å²) < 4.78 is 18.1. The van der Waals surface area contributed by atoms with Crippen LogP contribution in [-0.2, 0) is 0 Å². The normalized spacial score (nSPS) is 12.6. The van der Waals surface area contributed by atoms with Gasteiger partial charge in [0, 0.05) is 12.5 Å². The van der Waals surface area contributed by atoms with Crippen LogP contribution in [0.5, 0.6) is 5.75 Å². The number of rotatable bonds is 4. The molecule has 0 heterocycles. The van der Waals surface area contributed by atoms with E-state index in [4.69, 9.17) is 21.4 Å². The van der Waals surface area contributed by atoms with E-state index in [0.717, 1.165) is 0 Å². The quantitative estimate of drug-likeness (QED) is 0.842. The molecule has 1 unspecified atom stereocenters. The van der Waals surface area contributed by atoms with Gasteiger partial charge in [0.25, 0.3) is 0 Å². The van der Waals surface area contributed by atoms with Gasteiger partial charge in [-0.05, 0) is 19.1 Å². The SMILES string of the molecule is CC(O)CCOc1ccc(Cl)c(F)c1. The Hall–Kier alpha value is -0.800. The van der Waals surface area contributed by atoms with Gasteiger partial charge in [-0.2, -0.15) is 0 Å². The van der Waals surface area contributed by atoms with Crippen molar-refractivity contribution in [3.8, 4) is 5.75 Å². The first kappa shape index (κ1) is 11.3. The van der Waals surface area contributed by atoms with E-state index in [2.05, 4.69) is 0 Å². The monoisotopic (exact) mass is 218 g/mol. The molecule has 0 spiro atoms. The van der Waals surface area contributed by atoms with Gasteiger partial charge in [-0.15, -0.1) is 0 Å².